The van der Waals surface area contributed by atoms with Crippen molar-refractivity contribution in [2.75, 3.05) is 14.2 Å². The summed E-state index contributed by atoms with van der Waals surface area (Å²) in [7, 11) is 3.01. The van der Waals surface area contributed by atoms with E-state index in [0.717, 1.165) is 31.6 Å². The molecule has 1 heterocycles. The normalized spacial score (nSPS) is 21.9. The average molecular weight is 292 g/mol. The van der Waals surface area contributed by atoms with Crippen molar-refractivity contribution < 1.29 is 14.3 Å². The molecule has 0 aromatic carbocycles. The van der Waals surface area contributed by atoms with Crippen molar-refractivity contribution in [2.24, 2.45) is 11.8 Å². The van der Waals surface area contributed by atoms with Gasteiger partial charge >= 0.3 is 0 Å². The molecule has 0 radical (unpaired) electrons. The molecule has 1 aromatic rings. The maximum absolute atomic E-state index is 12.6. The van der Waals surface area contributed by atoms with Gasteiger partial charge in [0.05, 0.1) is 20.4 Å². The number of hydrogen-bond acceptors (Lipinski definition) is 5. The highest BCUT2D eigenvalue weighted by Crippen LogP contribution is 2.34. The number of aromatic nitrogens is 2. The average Bonchev–Trinajstić information content (AvgIpc) is 2.54. The number of rotatable bonds is 6. The van der Waals surface area contributed by atoms with Crippen LogP contribution >= 0.6 is 0 Å². The summed E-state index contributed by atoms with van der Waals surface area (Å²) in [5.41, 5.74) is 0.331. The number of ether oxygens (including phenoxy) is 2. The SMILES string of the molecule is CCCC1CCC(C(=O)c2ncc(OC)nc2OC)CC1. The lowest BCUT2D eigenvalue weighted by atomic mass is 9.78. The minimum atomic E-state index is 0.0506. The van der Waals surface area contributed by atoms with Crippen LogP contribution < -0.4 is 9.47 Å². The van der Waals surface area contributed by atoms with Gasteiger partial charge in [-0.2, -0.15) is 4.98 Å². The molecule has 1 fully saturated rings. The molecule has 0 spiro atoms. The first kappa shape index (κ1) is 15.7. The Morgan fingerprint density at radius 1 is 1.24 bits per heavy atom. The Kier molecular flexibility index (Phi) is 5.53. The third kappa shape index (κ3) is 3.71. The van der Waals surface area contributed by atoms with E-state index in [1.165, 1.54) is 33.3 Å². The first-order valence-corrected chi connectivity index (χ1v) is 7.68. The van der Waals surface area contributed by atoms with Crippen molar-refractivity contribution in [1.82, 2.24) is 9.97 Å². The standard InChI is InChI=1S/C16H24N2O3/c1-4-5-11-6-8-12(9-7-11)15(19)14-16(21-3)18-13(20-2)10-17-14/h10-12H,4-9H2,1-3H3. The first-order chi connectivity index (χ1) is 10.2. The number of methoxy groups -OCH3 is 2. The van der Waals surface area contributed by atoms with E-state index in [9.17, 15) is 4.79 Å². The molecular weight excluding hydrogens is 268 g/mol. The fraction of sp³-hybridized carbons (Fsp3) is 0.688. The summed E-state index contributed by atoms with van der Waals surface area (Å²) >= 11 is 0. The zero-order valence-electron chi connectivity index (χ0n) is 13.1. The molecule has 2 rings (SSSR count). The van der Waals surface area contributed by atoms with E-state index in [0.29, 0.717) is 11.6 Å². The molecule has 0 amide bonds. The molecule has 21 heavy (non-hydrogen) atoms. The predicted molar refractivity (Wildman–Crippen MR) is 79.8 cm³/mol. The van der Waals surface area contributed by atoms with Crippen LogP contribution in [0, 0.1) is 11.8 Å². The molecule has 1 aliphatic rings. The summed E-state index contributed by atoms with van der Waals surface area (Å²) in [5, 5.41) is 0. The van der Waals surface area contributed by atoms with Crippen molar-refractivity contribution in [2.45, 2.75) is 45.4 Å². The smallest absolute Gasteiger partial charge is 0.246 e. The van der Waals surface area contributed by atoms with Gasteiger partial charge < -0.3 is 9.47 Å². The second-order valence-corrected chi connectivity index (χ2v) is 5.64. The van der Waals surface area contributed by atoms with E-state index < -0.39 is 0 Å². The van der Waals surface area contributed by atoms with Crippen LogP contribution in [0.2, 0.25) is 0 Å². The highest BCUT2D eigenvalue weighted by atomic mass is 16.5. The molecule has 0 N–H and O–H groups in total. The van der Waals surface area contributed by atoms with E-state index in [2.05, 4.69) is 16.9 Å². The van der Waals surface area contributed by atoms with Crippen LogP contribution in [0.25, 0.3) is 0 Å². The number of hydrogen-bond donors (Lipinski definition) is 0. The zero-order chi connectivity index (χ0) is 15.2. The fourth-order valence-corrected chi connectivity index (χ4v) is 3.08. The van der Waals surface area contributed by atoms with Crippen LogP contribution in [-0.4, -0.2) is 30.0 Å². The van der Waals surface area contributed by atoms with Gasteiger partial charge in [0.15, 0.2) is 11.5 Å². The Bertz CT molecular complexity index is 482. The van der Waals surface area contributed by atoms with Gasteiger partial charge in [0.2, 0.25) is 11.8 Å². The van der Waals surface area contributed by atoms with Gasteiger partial charge in [-0.1, -0.05) is 19.8 Å². The van der Waals surface area contributed by atoms with Crippen LogP contribution in [-0.2, 0) is 0 Å². The number of carbonyl (C=O) groups excluding carboxylic acids is 1. The van der Waals surface area contributed by atoms with Gasteiger partial charge in [0.1, 0.15) is 0 Å². The molecule has 116 valence electrons. The number of carbonyl (C=O) groups is 1. The van der Waals surface area contributed by atoms with E-state index in [-0.39, 0.29) is 17.6 Å². The Morgan fingerprint density at radius 2 is 1.95 bits per heavy atom. The van der Waals surface area contributed by atoms with Crippen LogP contribution in [0.4, 0.5) is 0 Å². The monoisotopic (exact) mass is 292 g/mol. The predicted octanol–water partition coefficient (Wildman–Crippen LogP) is 3.28. The minimum Gasteiger partial charge on any atom is -0.480 e. The summed E-state index contributed by atoms with van der Waals surface area (Å²) < 4.78 is 10.2. The van der Waals surface area contributed by atoms with Gasteiger partial charge in [-0.05, 0) is 31.6 Å². The number of Topliss-reactive ketones (excluding diaryl/α,β-unsaturated/α-hetero) is 1. The molecule has 0 atom stereocenters. The van der Waals surface area contributed by atoms with Gasteiger partial charge in [-0.3, -0.25) is 4.79 Å². The lowest BCUT2D eigenvalue weighted by molar-refractivity contribution is 0.0860. The second-order valence-electron chi connectivity index (χ2n) is 5.64. The molecule has 5 nitrogen and oxygen atoms in total. The van der Waals surface area contributed by atoms with Crippen molar-refractivity contribution in [3.63, 3.8) is 0 Å². The van der Waals surface area contributed by atoms with Gasteiger partial charge in [0.25, 0.3) is 0 Å². The highest BCUT2D eigenvalue weighted by Gasteiger charge is 2.29. The third-order valence-electron chi connectivity index (χ3n) is 4.27. The van der Waals surface area contributed by atoms with Crippen LogP contribution in [0.15, 0.2) is 6.20 Å². The summed E-state index contributed by atoms with van der Waals surface area (Å²) in [6, 6.07) is 0. The molecule has 0 unspecified atom stereocenters. The van der Waals surface area contributed by atoms with Crippen molar-refractivity contribution in [1.29, 1.82) is 0 Å². The van der Waals surface area contributed by atoms with Crippen molar-refractivity contribution >= 4 is 5.78 Å². The molecule has 0 bridgehead atoms. The van der Waals surface area contributed by atoms with Gasteiger partial charge in [-0.25, -0.2) is 4.98 Å². The van der Waals surface area contributed by atoms with Crippen LogP contribution in [0.1, 0.15) is 55.9 Å². The third-order valence-corrected chi connectivity index (χ3v) is 4.27. The van der Waals surface area contributed by atoms with E-state index in [1.54, 1.807) is 0 Å². The van der Waals surface area contributed by atoms with Gasteiger partial charge in [-0.15, -0.1) is 0 Å². The number of ketones is 1. The Hall–Kier alpha value is -1.65. The maximum Gasteiger partial charge on any atom is 0.246 e. The van der Waals surface area contributed by atoms with Crippen LogP contribution in [0.5, 0.6) is 11.8 Å². The molecule has 1 aromatic heterocycles. The largest absolute Gasteiger partial charge is 0.480 e. The van der Waals surface area contributed by atoms with E-state index in [1.807, 2.05) is 0 Å². The van der Waals surface area contributed by atoms with Crippen molar-refractivity contribution in [3.05, 3.63) is 11.9 Å². The molecule has 0 saturated heterocycles. The molecule has 1 saturated carbocycles. The summed E-state index contributed by atoms with van der Waals surface area (Å²) in [5.74, 6) is 1.50. The lowest BCUT2D eigenvalue weighted by Crippen LogP contribution is -2.23. The lowest BCUT2D eigenvalue weighted by Gasteiger charge is -2.27. The Morgan fingerprint density at radius 3 is 2.52 bits per heavy atom. The fourth-order valence-electron chi connectivity index (χ4n) is 3.08. The highest BCUT2D eigenvalue weighted by molar-refractivity contribution is 5.98. The summed E-state index contributed by atoms with van der Waals surface area (Å²) in [6.45, 7) is 2.22. The Balaban J connectivity index is 2.07. The molecule has 5 heteroatoms. The summed E-state index contributed by atoms with van der Waals surface area (Å²) in [4.78, 5) is 21.0. The quantitative estimate of drug-likeness (QED) is 0.753. The van der Waals surface area contributed by atoms with E-state index in [4.69, 9.17) is 9.47 Å². The minimum absolute atomic E-state index is 0.0506. The van der Waals surface area contributed by atoms with Crippen molar-refractivity contribution in [3.8, 4) is 11.8 Å². The summed E-state index contributed by atoms with van der Waals surface area (Å²) in [6.07, 6.45) is 8.12. The maximum atomic E-state index is 12.6. The van der Waals surface area contributed by atoms with Gasteiger partial charge in [0, 0.05) is 5.92 Å². The number of nitrogens with zero attached hydrogens (tertiary/aromatic N) is 2. The molecular formula is C16H24N2O3. The zero-order valence-corrected chi connectivity index (χ0v) is 13.1. The van der Waals surface area contributed by atoms with E-state index >= 15 is 0 Å². The van der Waals surface area contributed by atoms with Crippen LogP contribution in [0.3, 0.4) is 0 Å². The second kappa shape index (κ2) is 7.38. The Labute approximate surface area is 126 Å². The molecule has 1 aliphatic carbocycles. The first-order valence-electron chi connectivity index (χ1n) is 7.68. The molecule has 0 aliphatic heterocycles. The topological polar surface area (TPSA) is 61.3 Å².